The van der Waals surface area contributed by atoms with E-state index in [4.69, 9.17) is 20.8 Å². The third-order valence-corrected chi connectivity index (χ3v) is 6.06. The zero-order chi connectivity index (χ0) is 21.5. The SMILES string of the molecule is O=C(C1=C(O)C(=O)N(CC2CCCO2)C1c1ccc(Cl)cc1)c1cc2ccccc2o1. The Hall–Kier alpha value is -3.09. The maximum absolute atomic E-state index is 13.5. The monoisotopic (exact) mass is 437 g/mol. The number of aliphatic hydroxyl groups is 1. The van der Waals surface area contributed by atoms with Gasteiger partial charge in [0, 0.05) is 23.6 Å². The Morgan fingerprint density at radius 1 is 1.16 bits per heavy atom. The Morgan fingerprint density at radius 3 is 2.65 bits per heavy atom. The number of nitrogens with zero attached hydrogens (tertiary/aromatic N) is 1. The number of para-hydroxylation sites is 1. The van der Waals surface area contributed by atoms with Crippen LogP contribution < -0.4 is 0 Å². The zero-order valence-electron chi connectivity index (χ0n) is 16.6. The Bertz CT molecular complexity index is 1160. The first-order chi connectivity index (χ1) is 15.0. The van der Waals surface area contributed by atoms with Crippen molar-refractivity contribution in [1.29, 1.82) is 0 Å². The van der Waals surface area contributed by atoms with Crippen molar-refractivity contribution in [1.82, 2.24) is 4.90 Å². The number of ether oxygens (including phenoxy) is 1. The van der Waals surface area contributed by atoms with Gasteiger partial charge in [0.15, 0.2) is 11.5 Å². The number of carbonyl (C=O) groups is 2. The highest BCUT2D eigenvalue weighted by Gasteiger charge is 2.45. The van der Waals surface area contributed by atoms with E-state index in [-0.39, 0.29) is 24.0 Å². The second kappa shape index (κ2) is 7.87. The van der Waals surface area contributed by atoms with Crippen molar-refractivity contribution in [3.8, 4) is 0 Å². The second-order valence-electron chi connectivity index (χ2n) is 7.79. The van der Waals surface area contributed by atoms with Crippen LogP contribution in [0.3, 0.4) is 0 Å². The van der Waals surface area contributed by atoms with Gasteiger partial charge in [-0.25, -0.2) is 0 Å². The molecule has 31 heavy (non-hydrogen) atoms. The Morgan fingerprint density at radius 2 is 1.94 bits per heavy atom. The predicted molar refractivity (Wildman–Crippen MR) is 115 cm³/mol. The maximum Gasteiger partial charge on any atom is 0.290 e. The van der Waals surface area contributed by atoms with Gasteiger partial charge in [-0.15, -0.1) is 0 Å². The van der Waals surface area contributed by atoms with Crippen molar-refractivity contribution in [2.75, 3.05) is 13.2 Å². The first-order valence-electron chi connectivity index (χ1n) is 10.2. The van der Waals surface area contributed by atoms with Crippen LogP contribution in [-0.2, 0) is 9.53 Å². The summed E-state index contributed by atoms with van der Waals surface area (Å²) in [5.41, 5.74) is 1.25. The molecule has 0 radical (unpaired) electrons. The number of ketones is 1. The number of hydrogen-bond donors (Lipinski definition) is 1. The molecule has 1 N–H and O–H groups in total. The van der Waals surface area contributed by atoms with E-state index < -0.39 is 23.5 Å². The number of halogens is 1. The van der Waals surface area contributed by atoms with E-state index in [2.05, 4.69) is 0 Å². The van der Waals surface area contributed by atoms with Crippen molar-refractivity contribution in [3.05, 3.63) is 82.3 Å². The summed E-state index contributed by atoms with van der Waals surface area (Å²) in [5, 5.41) is 12.1. The highest BCUT2D eigenvalue weighted by Crippen LogP contribution is 2.40. The van der Waals surface area contributed by atoms with Gasteiger partial charge in [0.2, 0.25) is 5.78 Å². The molecule has 2 aliphatic heterocycles. The van der Waals surface area contributed by atoms with Gasteiger partial charge in [0.05, 0.1) is 17.7 Å². The van der Waals surface area contributed by atoms with Crippen LogP contribution in [0.4, 0.5) is 0 Å². The van der Waals surface area contributed by atoms with Gasteiger partial charge in [-0.3, -0.25) is 9.59 Å². The molecule has 1 amide bonds. The molecule has 1 aromatic heterocycles. The van der Waals surface area contributed by atoms with Crippen LogP contribution in [0.15, 0.2) is 70.3 Å². The first-order valence-corrected chi connectivity index (χ1v) is 10.5. The maximum atomic E-state index is 13.5. The number of amides is 1. The fraction of sp³-hybridized carbons (Fsp3) is 0.250. The van der Waals surface area contributed by atoms with Crippen LogP contribution in [0.25, 0.3) is 11.0 Å². The van der Waals surface area contributed by atoms with Gasteiger partial charge in [-0.2, -0.15) is 0 Å². The molecule has 0 aliphatic carbocycles. The lowest BCUT2D eigenvalue weighted by molar-refractivity contribution is -0.131. The molecule has 158 valence electrons. The number of hydrogen-bond acceptors (Lipinski definition) is 5. The molecule has 5 rings (SSSR count). The van der Waals surface area contributed by atoms with E-state index in [0.717, 1.165) is 18.2 Å². The third kappa shape index (κ3) is 3.52. The number of furan rings is 1. The highest BCUT2D eigenvalue weighted by molar-refractivity contribution is 6.30. The van der Waals surface area contributed by atoms with Crippen molar-refractivity contribution in [2.24, 2.45) is 0 Å². The highest BCUT2D eigenvalue weighted by atomic mass is 35.5. The van der Waals surface area contributed by atoms with E-state index in [1.165, 1.54) is 4.90 Å². The molecule has 7 heteroatoms. The van der Waals surface area contributed by atoms with E-state index in [9.17, 15) is 14.7 Å². The first kappa shape index (κ1) is 19.8. The molecule has 1 saturated heterocycles. The van der Waals surface area contributed by atoms with Gasteiger partial charge in [-0.1, -0.05) is 41.9 Å². The smallest absolute Gasteiger partial charge is 0.290 e. The van der Waals surface area contributed by atoms with Crippen LogP contribution >= 0.6 is 11.6 Å². The van der Waals surface area contributed by atoms with E-state index in [1.807, 2.05) is 18.2 Å². The molecular weight excluding hydrogens is 418 g/mol. The van der Waals surface area contributed by atoms with Gasteiger partial charge in [-0.05, 0) is 42.7 Å². The van der Waals surface area contributed by atoms with E-state index >= 15 is 0 Å². The van der Waals surface area contributed by atoms with Crippen LogP contribution in [-0.4, -0.2) is 41.0 Å². The number of Topliss-reactive ketones (excluding diaryl/α,β-unsaturated/α-hetero) is 1. The summed E-state index contributed by atoms with van der Waals surface area (Å²) in [6.07, 6.45) is 1.61. The quantitative estimate of drug-likeness (QED) is 0.577. The minimum Gasteiger partial charge on any atom is -0.503 e. The number of fused-ring (bicyclic) bond motifs is 1. The fourth-order valence-corrected chi connectivity index (χ4v) is 4.43. The molecule has 0 saturated carbocycles. The van der Waals surface area contributed by atoms with Crippen LogP contribution in [0.5, 0.6) is 0 Å². The molecular formula is C24H20ClNO5. The predicted octanol–water partition coefficient (Wildman–Crippen LogP) is 4.84. The lowest BCUT2D eigenvalue weighted by Gasteiger charge is -2.28. The summed E-state index contributed by atoms with van der Waals surface area (Å²) in [6.45, 7) is 0.926. The molecule has 3 heterocycles. The summed E-state index contributed by atoms with van der Waals surface area (Å²) in [4.78, 5) is 28.0. The summed E-state index contributed by atoms with van der Waals surface area (Å²) < 4.78 is 11.4. The van der Waals surface area contributed by atoms with Gasteiger partial charge >= 0.3 is 0 Å². The minimum atomic E-state index is -0.755. The third-order valence-electron chi connectivity index (χ3n) is 5.81. The number of benzene rings is 2. The standard InChI is InChI=1S/C24H20ClNO5/c25-16-9-7-14(8-10-16)21-20(22(27)19-12-15-4-1-2-6-18(15)31-19)23(28)24(29)26(21)13-17-5-3-11-30-17/h1-2,4,6-10,12,17,21,28H,3,5,11,13H2. The number of aliphatic hydroxyl groups excluding tert-OH is 1. The lowest BCUT2D eigenvalue weighted by atomic mass is 9.95. The fourth-order valence-electron chi connectivity index (χ4n) is 4.30. The topological polar surface area (TPSA) is 80.0 Å². The van der Waals surface area contributed by atoms with E-state index in [1.54, 1.807) is 36.4 Å². The molecule has 2 atom stereocenters. The largest absolute Gasteiger partial charge is 0.503 e. The summed E-state index contributed by atoms with van der Waals surface area (Å²) in [6, 6.07) is 15.1. The van der Waals surface area contributed by atoms with E-state index in [0.29, 0.717) is 22.8 Å². The van der Waals surface area contributed by atoms with Crippen LogP contribution in [0.2, 0.25) is 5.02 Å². The molecule has 2 aliphatic rings. The zero-order valence-corrected chi connectivity index (χ0v) is 17.3. The molecule has 3 aromatic rings. The van der Waals surface area contributed by atoms with Gasteiger partial charge in [0.25, 0.3) is 5.91 Å². The normalized spacial score (nSPS) is 21.5. The molecule has 6 nitrogen and oxygen atoms in total. The Balaban J connectivity index is 1.57. The average Bonchev–Trinajstić information content (AvgIpc) is 3.49. The summed E-state index contributed by atoms with van der Waals surface area (Å²) in [7, 11) is 0. The lowest BCUT2D eigenvalue weighted by Crippen LogP contribution is -2.37. The van der Waals surface area contributed by atoms with Crippen LogP contribution in [0.1, 0.15) is 35.0 Å². The second-order valence-corrected chi connectivity index (χ2v) is 8.22. The molecule has 2 aromatic carbocycles. The van der Waals surface area contributed by atoms with Crippen molar-refractivity contribution in [2.45, 2.75) is 25.0 Å². The van der Waals surface area contributed by atoms with Gasteiger partial charge in [0.1, 0.15) is 5.58 Å². The molecule has 2 unspecified atom stereocenters. The summed E-state index contributed by atoms with van der Waals surface area (Å²) >= 11 is 6.05. The van der Waals surface area contributed by atoms with Gasteiger partial charge < -0.3 is 19.2 Å². The van der Waals surface area contributed by atoms with Crippen molar-refractivity contribution < 1.29 is 23.8 Å². The molecule has 1 fully saturated rings. The summed E-state index contributed by atoms with van der Waals surface area (Å²) in [5.74, 6) is -1.58. The molecule has 0 bridgehead atoms. The average molecular weight is 438 g/mol. The van der Waals surface area contributed by atoms with Crippen molar-refractivity contribution in [3.63, 3.8) is 0 Å². The van der Waals surface area contributed by atoms with Crippen LogP contribution in [0, 0.1) is 0 Å². The number of rotatable bonds is 5. The Kier molecular flexibility index (Phi) is 5.04. The Labute approximate surface area is 183 Å². The molecule has 0 spiro atoms. The number of carbonyl (C=O) groups excluding carboxylic acids is 2. The minimum absolute atomic E-state index is 0.00405. The van der Waals surface area contributed by atoms with Crippen molar-refractivity contribution >= 4 is 34.3 Å².